The van der Waals surface area contributed by atoms with E-state index in [1.165, 1.54) is 24.8 Å². The molecule has 0 amide bonds. The molecule has 0 spiro atoms. The zero-order valence-electron chi connectivity index (χ0n) is 11.2. The highest BCUT2D eigenvalue weighted by atomic mass is 19.4. The lowest BCUT2D eigenvalue weighted by molar-refractivity contribution is -0.144. The Morgan fingerprint density at radius 1 is 1.42 bits per heavy atom. The molecule has 0 aliphatic heterocycles. The highest BCUT2D eigenvalue weighted by Crippen LogP contribution is 2.22. The van der Waals surface area contributed by atoms with Crippen molar-refractivity contribution in [1.82, 2.24) is 10.2 Å². The zero-order chi connectivity index (χ0) is 14.0. The number of furan rings is 1. The van der Waals surface area contributed by atoms with Crippen molar-refractivity contribution in [3.05, 3.63) is 23.2 Å². The number of alkyl halides is 3. The van der Waals surface area contributed by atoms with Gasteiger partial charge in [0.25, 0.3) is 0 Å². The van der Waals surface area contributed by atoms with Crippen molar-refractivity contribution in [3.8, 4) is 0 Å². The lowest BCUT2D eigenvalue weighted by atomic mass is 10.2. The molecular weight excluding hydrogens is 257 g/mol. The molecule has 0 radical (unpaired) electrons. The first-order chi connectivity index (χ1) is 8.83. The van der Waals surface area contributed by atoms with E-state index in [9.17, 15) is 13.2 Å². The van der Waals surface area contributed by atoms with Crippen molar-refractivity contribution < 1.29 is 17.6 Å². The van der Waals surface area contributed by atoms with Crippen LogP contribution in [-0.4, -0.2) is 30.7 Å². The molecule has 1 N–H and O–H groups in total. The molecule has 108 valence electrons. The quantitative estimate of drug-likeness (QED) is 0.866. The van der Waals surface area contributed by atoms with E-state index in [2.05, 4.69) is 5.32 Å². The van der Waals surface area contributed by atoms with Crippen molar-refractivity contribution in [2.45, 2.75) is 45.1 Å². The maximum absolute atomic E-state index is 12.2. The summed E-state index contributed by atoms with van der Waals surface area (Å²) in [7, 11) is 1.44. The average molecular weight is 276 g/mol. The molecule has 0 unspecified atom stereocenters. The van der Waals surface area contributed by atoms with E-state index < -0.39 is 12.7 Å². The molecule has 1 saturated carbocycles. The summed E-state index contributed by atoms with van der Waals surface area (Å²) in [6.45, 7) is 1.81. The van der Waals surface area contributed by atoms with Gasteiger partial charge in [0, 0.05) is 6.04 Å². The topological polar surface area (TPSA) is 28.4 Å². The normalized spacial score (nSPS) is 16.3. The molecule has 1 heterocycles. The van der Waals surface area contributed by atoms with E-state index in [1.807, 2.05) is 13.0 Å². The zero-order valence-corrected chi connectivity index (χ0v) is 11.2. The molecule has 6 heteroatoms. The maximum atomic E-state index is 12.2. The van der Waals surface area contributed by atoms with Gasteiger partial charge in [-0.25, -0.2) is 0 Å². The molecule has 1 aliphatic carbocycles. The minimum atomic E-state index is -4.17. The summed E-state index contributed by atoms with van der Waals surface area (Å²) < 4.78 is 42.3. The number of hydrogen-bond donors (Lipinski definition) is 1. The third-order valence-corrected chi connectivity index (χ3v) is 3.08. The Morgan fingerprint density at radius 3 is 2.68 bits per heavy atom. The molecule has 1 fully saturated rings. The molecule has 2 rings (SSSR count). The number of aryl methyl sites for hydroxylation is 1. The Morgan fingerprint density at radius 2 is 2.11 bits per heavy atom. The number of nitrogens with zero attached hydrogens (tertiary/aromatic N) is 1. The number of rotatable bonds is 6. The maximum Gasteiger partial charge on any atom is 0.401 e. The van der Waals surface area contributed by atoms with E-state index in [0.29, 0.717) is 18.3 Å². The van der Waals surface area contributed by atoms with Crippen molar-refractivity contribution in [2.75, 3.05) is 13.6 Å². The third-order valence-electron chi connectivity index (χ3n) is 3.08. The third kappa shape index (κ3) is 4.87. The van der Waals surface area contributed by atoms with Crippen LogP contribution in [0.2, 0.25) is 0 Å². The van der Waals surface area contributed by atoms with Crippen LogP contribution in [0.3, 0.4) is 0 Å². The van der Waals surface area contributed by atoms with Crippen LogP contribution in [0.25, 0.3) is 0 Å². The average Bonchev–Trinajstić information content (AvgIpc) is 2.99. The Hall–Kier alpha value is -1.01. The first-order valence-corrected chi connectivity index (χ1v) is 6.40. The van der Waals surface area contributed by atoms with Gasteiger partial charge in [0.2, 0.25) is 0 Å². The summed E-state index contributed by atoms with van der Waals surface area (Å²) in [6.07, 6.45) is -1.78. The summed E-state index contributed by atoms with van der Waals surface area (Å²) in [5, 5.41) is 3.33. The Labute approximate surface area is 110 Å². The molecular formula is C13H19F3N2O. The van der Waals surface area contributed by atoms with Crippen LogP contribution in [0, 0.1) is 6.92 Å². The van der Waals surface area contributed by atoms with Crippen molar-refractivity contribution >= 4 is 0 Å². The molecule has 1 aromatic rings. The molecule has 1 aromatic heterocycles. The molecule has 1 aliphatic rings. The van der Waals surface area contributed by atoms with Gasteiger partial charge in [0.15, 0.2) is 0 Å². The molecule has 0 aromatic carbocycles. The van der Waals surface area contributed by atoms with E-state index in [0.717, 1.165) is 11.3 Å². The fourth-order valence-corrected chi connectivity index (χ4v) is 2.00. The van der Waals surface area contributed by atoms with Gasteiger partial charge in [0.1, 0.15) is 11.5 Å². The van der Waals surface area contributed by atoms with Gasteiger partial charge in [-0.1, -0.05) is 0 Å². The smallest absolute Gasteiger partial charge is 0.401 e. The van der Waals surface area contributed by atoms with Crippen molar-refractivity contribution in [1.29, 1.82) is 0 Å². The lowest BCUT2D eigenvalue weighted by Gasteiger charge is -2.16. The van der Waals surface area contributed by atoms with Crippen LogP contribution >= 0.6 is 0 Å². The van der Waals surface area contributed by atoms with Gasteiger partial charge in [0.05, 0.1) is 19.6 Å². The highest BCUT2D eigenvalue weighted by Gasteiger charge is 2.29. The monoisotopic (exact) mass is 276 g/mol. The van der Waals surface area contributed by atoms with E-state index >= 15 is 0 Å². The number of nitrogens with one attached hydrogen (secondary N) is 1. The van der Waals surface area contributed by atoms with Crippen LogP contribution in [-0.2, 0) is 13.1 Å². The van der Waals surface area contributed by atoms with Crippen LogP contribution in [0.15, 0.2) is 10.5 Å². The minimum Gasteiger partial charge on any atom is -0.463 e. The SMILES string of the molecule is Cc1cc(CN(C)CC(F)(F)F)oc1CNC1CC1. The van der Waals surface area contributed by atoms with Gasteiger partial charge in [-0.15, -0.1) is 0 Å². The van der Waals surface area contributed by atoms with E-state index in [4.69, 9.17) is 4.42 Å². The van der Waals surface area contributed by atoms with Crippen LogP contribution in [0.5, 0.6) is 0 Å². The van der Waals surface area contributed by atoms with E-state index in [1.54, 1.807) is 0 Å². The van der Waals surface area contributed by atoms with Gasteiger partial charge < -0.3 is 9.73 Å². The predicted molar refractivity (Wildman–Crippen MR) is 65.7 cm³/mol. The summed E-state index contributed by atoms with van der Waals surface area (Å²) in [5.41, 5.74) is 0.989. The summed E-state index contributed by atoms with van der Waals surface area (Å²) in [6, 6.07) is 2.40. The molecule has 0 saturated heterocycles. The predicted octanol–water partition coefficient (Wildman–Crippen LogP) is 2.83. The minimum absolute atomic E-state index is 0.170. The van der Waals surface area contributed by atoms with Gasteiger partial charge in [-0.2, -0.15) is 13.2 Å². The number of hydrogen-bond acceptors (Lipinski definition) is 3. The fourth-order valence-electron chi connectivity index (χ4n) is 2.00. The Balaban J connectivity index is 1.87. The standard InChI is InChI=1S/C13H19F3N2O/c1-9-5-11(7-18(2)8-13(14,15)16)19-12(9)6-17-10-3-4-10/h5,10,17H,3-4,6-8H2,1-2H3. The first-order valence-electron chi connectivity index (χ1n) is 6.40. The van der Waals surface area contributed by atoms with E-state index in [-0.39, 0.29) is 6.54 Å². The number of halogens is 3. The molecule has 0 bridgehead atoms. The fraction of sp³-hybridized carbons (Fsp3) is 0.692. The van der Waals surface area contributed by atoms with Gasteiger partial charge in [-0.05, 0) is 38.4 Å². The second-order valence-corrected chi connectivity index (χ2v) is 5.26. The Kier molecular flexibility index (Phi) is 4.20. The highest BCUT2D eigenvalue weighted by molar-refractivity contribution is 5.20. The summed E-state index contributed by atoms with van der Waals surface area (Å²) in [5.74, 6) is 1.40. The van der Waals surface area contributed by atoms with Crippen molar-refractivity contribution in [3.63, 3.8) is 0 Å². The summed E-state index contributed by atoms with van der Waals surface area (Å²) >= 11 is 0. The lowest BCUT2D eigenvalue weighted by Crippen LogP contribution is -2.30. The first kappa shape index (κ1) is 14.4. The van der Waals surface area contributed by atoms with Crippen LogP contribution in [0.4, 0.5) is 13.2 Å². The second kappa shape index (κ2) is 5.54. The van der Waals surface area contributed by atoms with Gasteiger partial charge >= 0.3 is 6.18 Å². The summed E-state index contributed by atoms with van der Waals surface area (Å²) in [4.78, 5) is 1.20. The van der Waals surface area contributed by atoms with Crippen LogP contribution < -0.4 is 5.32 Å². The Bertz CT molecular complexity index is 424. The molecule has 19 heavy (non-hydrogen) atoms. The molecule has 0 atom stereocenters. The van der Waals surface area contributed by atoms with Crippen LogP contribution in [0.1, 0.15) is 29.9 Å². The largest absolute Gasteiger partial charge is 0.463 e. The second-order valence-electron chi connectivity index (χ2n) is 5.26. The molecule has 3 nitrogen and oxygen atoms in total. The van der Waals surface area contributed by atoms with Gasteiger partial charge in [-0.3, -0.25) is 4.90 Å². The van der Waals surface area contributed by atoms with Crippen molar-refractivity contribution in [2.24, 2.45) is 0 Å².